The van der Waals surface area contributed by atoms with E-state index in [0.29, 0.717) is 12.1 Å². The average Bonchev–Trinajstić information content (AvgIpc) is 2.87. The quantitative estimate of drug-likeness (QED) is 0.663. The zero-order valence-electron chi connectivity index (χ0n) is 11.6. The Bertz CT molecular complexity index is 540. The van der Waals surface area contributed by atoms with Gasteiger partial charge in [0.05, 0.1) is 12.1 Å². The maximum absolute atomic E-state index is 4.66. The molecule has 0 saturated heterocycles. The molecule has 5 aliphatic rings. The number of fused-ring (bicyclic) bond motifs is 3. The van der Waals surface area contributed by atoms with Gasteiger partial charge in [-0.15, -0.1) is 0 Å². The fourth-order valence-corrected chi connectivity index (χ4v) is 5.82. The molecule has 98 valence electrons. The molecule has 1 aromatic carbocycles. The lowest BCUT2D eigenvalue weighted by Crippen LogP contribution is -2.42. The molecule has 4 bridgehead atoms. The lowest BCUT2D eigenvalue weighted by molar-refractivity contribution is 0.141. The second-order valence-electron chi connectivity index (χ2n) is 7.52. The van der Waals surface area contributed by atoms with Gasteiger partial charge in [0.15, 0.2) is 0 Å². The van der Waals surface area contributed by atoms with Crippen LogP contribution in [0.4, 0.5) is 0 Å². The molecular weight excluding hydrogens is 232 g/mol. The van der Waals surface area contributed by atoms with Crippen molar-refractivity contribution in [2.75, 3.05) is 0 Å². The molecule has 4 aliphatic carbocycles. The second kappa shape index (κ2) is 3.11. The van der Waals surface area contributed by atoms with Gasteiger partial charge in [-0.3, -0.25) is 0 Å². The molecule has 6 atom stereocenters. The van der Waals surface area contributed by atoms with Crippen molar-refractivity contribution in [3.05, 3.63) is 35.4 Å². The minimum absolute atomic E-state index is 0.290. The second-order valence-corrected chi connectivity index (χ2v) is 7.52. The summed E-state index contributed by atoms with van der Waals surface area (Å²) in [6, 6.07) is 10.1. The normalized spacial score (nSPS) is 47.3. The highest BCUT2D eigenvalue weighted by Gasteiger charge is 2.66. The molecular formula is C17H20N2. The van der Waals surface area contributed by atoms with Crippen molar-refractivity contribution in [1.82, 2.24) is 0 Å². The maximum Gasteiger partial charge on any atom is 0.0817 e. The van der Waals surface area contributed by atoms with E-state index in [-0.39, 0.29) is 5.41 Å². The average molecular weight is 252 g/mol. The van der Waals surface area contributed by atoms with Gasteiger partial charge in [0.25, 0.3) is 0 Å². The summed E-state index contributed by atoms with van der Waals surface area (Å²) in [6.45, 7) is 4.79. The first-order chi connectivity index (χ1) is 9.19. The van der Waals surface area contributed by atoms with E-state index in [4.69, 9.17) is 0 Å². The minimum Gasteiger partial charge on any atom is -0.190 e. The van der Waals surface area contributed by atoms with Crippen molar-refractivity contribution in [2.45, 2.75) is 50.6 Å². The predicted octanol–water partition coefficient (Wildman–Crippen LogP) is 4.14. The van der Waals surface area contributed by atoms with Crippen LogP contribution < -0.4 is 0 Å². The smallest absolute Gasteiger partial charge is 0.0817 e. The molecule has 2 heteroatoms. The number of benzene rings is 1. The molecule has 6 rings (SSSR count). The van der Waals surface area contributed by atoms with Crippen molar-refractivity contribution < 1.29 is 0 Å². The summed E-state index contributed by atoms with van der Waals surface area (Å²) >= 11 is 0. The van der Waals surface area contributed by atoms with E-state index >= 15 is 0 Å². The van der Waals surface area contributed by atoms with Crippen molar-refractivity contribution in [1.29, 1.82) is 0 Å². The Morgan fingerprint density at radius 1 is 0.895 bits per heavy atom. The third-order valence-electron chi connectivity index (χ3n) is 6.53. The molecule has 1 aromatic rings. The Hall–Kier alpha value is -1.18. The van der Waals surface area contributed by atoms with E-state index in [1.54, 1.807) is 11.1 Å². The van der Waals surface area contributed by atoms with Crippen molar-refractivity contribution >= 4 is 0 Å². The van der Waals surface area contributed by atoms with Gasteiger partial charge in [0.1, 0.15) is 0 Å². The first-order valence-electron chi connectivity index (χ1n) is 7.68. The van der Waals surface area contributed by atoms with Crippen LogP contribution in [0, 0.1) is 17.3 Å². The largest absolute Gasteiger partial charge is 0.190 e. The summed E-state index contributed by atoms with van der Waals surface area (Å²) in [5, 5.41) is 9.32. The Kier molecular flexibility index (Phi) is 1.73. The highest BCUT2D eigenvalue weighted by molar-refractivity contribution is 5.43. The van der Waals surface area contributed by atoms with E-state index in [1.165, 1.54) is 12.8 Å². The van der Waals surface area contributed by atoms with Crippen molar-refractivity contribution in [3.8, 4) is 0 Å². The Balaban J connectivity index is 1.73. The van der Waals surface area contributed by atoms with Crippen LogP contribution in [0.2, 0.25) is 0 Å². The monoisotopic (exact) mass is 252 g/mol. The summed E-state index contributed by atoms with van der Waals surface area (Å²) in [7, 11) is 0. The fraction of sp³-hybridized carbons (Fsp3) is 0.647. The number of hydrogen-bond acceptors (Lipinski definition) is 2. The molecule has 1 aliphatic heterocycles. The highest BCUT2D eigenvalue weighted by atomic mass is 15.2. The van der Waals surface area contributed by atoms with Crippen LogP contribution >= 0.6 is 0 Å². The van der Waals surface area contributed by atoms with E-state index in [0.717, 1.165) is 23.7 Å². The van der Waals surface area contributed by atoms with Crippen LogP contribution in [0.25, 0.3) is 0 Å². The summed E-state index contributed by atoms with van der Waals surface area (Å²) in [5.74, 6) is 3.04. The maximum atomic E-state index is 4.66. The Morgan fingerprint density at radius 3 is 1.84 bits per heavy atom. The number of nitrogens with zero attached hydrogens (tertiary/aromatic N) is 2. The van der Waals surface area contributed by atoms with Gasteiger partial charge in [-0.1, -0.05) is 38.1 Å². The number of azo groups is 1. The minimum atomic E-state index is 0.290. The van der Waals surface area contributed by atoms with Crippen LogP contribution in [0.1, 0.15) is 49.7 Å². The van der Waals surface area contributed by atoms with Crippen LogP contribution in [0.3, 0.4) is 0 Å². The van der Waals surface area contributed by atoms with Crippen LogP contribution in [0.15, 0.2) is 34.5 Å². The van der Waals surface area contributed by atoms with Gasteiger partial charge in [-0.2, -0.15) is 10.2 Å². The Labute approximate surface area is 114 Å². The van der Waals surface area contributed by atoms with Crippen LogP contribution in [0.5, 0.6) is 0 Å². The molecule has 0 radical (unpaired) electrons. The predicted molar refractivity (Wildman–Crippen MR) is 74.4 cm³/mol. The molecule has 0 N–H and O–H groups in total. The summed E-state index contributed by atoms with van der Waals surface area (Å²) in [4.78, 5) is 0. The Morgan fingerprint density at radius 2 is 1.37 bits per heavy atom. The van der Waals surface area contributed by atoms with E-state index in [9.17, 15) is 0 Å². The SMILES string of the molecule is CC1(C)[C@@H]2N=N[C@H]1[C@@H]1[C@H]2[C@H]2CC[C@@H]1c1ccccc12. The van der Waals surface area contributed by atoms with Gasteiger partial charge in [-0.25, -0.2) is 0 Å². The third kappa shape index (κ3) is 1.03. The van der Waals surface area contributed by atoms with Crippen LogP contribution in [-0.2, 0) is 0 Å². The first kappa shape index (κ1) is 10.6. The summed E-state index contributed by atoms with van der Waals surface area (Å²) < 4.78 is 0. The molecule has 0 spiro atoms. The molecule has 2 nitrogen and oxygen atoms in total. The summed E-state index contributed by atoms with van der Waals surface area (Å²) in [5.41, 5.74) is 3.56. The van der Waals surface area contributed by atoms with E-state index < -0.39 is 0 Å². The van der Waals surface area contributed by atoms with Gasteiger partial charge >= 0.3 is 0 Å². The third-order valence-corrected chi connectivity index (χ3v) is 6.53. The van der Waals surface area contributed by atoms with Gasteiger partial charge in [-0.05, 0) is 47.6 Å². The zero-order valence-corrected chi connectivity index (χ0v) is 11.6. The number of rotatable bonds is 0. The number of hydrogen-bond donors (Lipinski definition) is 0. The highest BCUT2D eigenvalue weighted by Crippen LogP contribution is 2.68. The van der Waals surface area contributed by atoms with Crippen LogP contribution in [-0.4, -0.2) is 12.1 Å². The van der Waals surface area contributed by atoms with Gasteiger partial charge < -0.3 is 0 Å². The van der Waals surface area contributed by atoms with Crippen molar-refractivity contribution in [2.24, 2.45) is 27.5 Å². The zero-order chi connectivity index (χ0) is 12.8. The fourth-order valence-electron chi connectivity index (χ4n) is 5.82. The first-order valence-corrected chi connectivity index (χ1v) is 7.68. The van der Waals surface area contributed by atoms with Gasteiger partial charge in [0, 0.05) is 5.41 Å². The van der Waals surface area contributed by atoms with E-state index in [1.807, 2.05) is 0 Å². The lowest BCUT2D eigenvalue weighted by atomic mass is 9.56. The molecule has 0 unspecified atom stereocenters. The summed E-state index contributed by atoms with van der Waals surface area (Å²) in [6.07, 6.45) is 2.75. The van der Waals surface area contributed by atoms with Crippen molar-refractivity contribution in [3.63, 3.8) is 0 Å². The molecule has 0 aromatic heterocycles. The molecule has 1 heterocycles. The molecule has 2 saturated carbocycles. The standard InChI is InChI=1S/C17H20N2/c1-17(2)15-13-11-7-8-12(14(13)16(17)19-18-15)10-6-4-3-5-9(10)11/h3-6,11-16H,7-8H2,1-2H3/t11-,12+,13+,14-,15+,16-. The van der Waals surface area contributed by atoms with E-state index in [2.05, 4.69) is 48.3 Å². The topological polar surface area (TPSA) is 24.7 Å². The molecule has 0 amide bonds. The lowest BCUT2D eigenvalue weighted by Gasteiger charge is -2.49. The van der Waals surface area contributed by atoms with Gasteiger partial charge in [0.2, 0.25) is 0 Å². The molecule has 19 heavy (non-hydrogen) atoms. The molecule has 2 fully saturated rings.